The van der Waals surface area contributed by atoms with E-state index in [9.17, 15) is 4.79 Å². The summed E-state index contributed by atoms with van der Waals surface area (Å²) in [6, 6.07) is 0. The SMILES string of the molecule is CC(=O)OC(C)(C)C.O=[PH2+]. The van der Waals surface area contributed by atoms with Gasteiger partial charge in [-0.1, -0.05) is 4.57 Å². The average molecular weight is 165 g/mol. The summed E-state index contributed by atoms with van der Waals surface area (Å²) in [6.45, 7) is 6.93. The van der Waals surface area contributed by atoms with Crippen molar-refractivity contribution >= 4 is 15.1 Å². The van der Waals surface area contributed by atoms with Gasteiger partial charge in [-0.2, -0.15) is 0 Å². The Labute approximate surface area is 63.4 Å². The van der Waals surface area contributed by atoms with E-state index < -0.39 is 0 Å². The van der Waals surface area contributed by atoms with Gasteiger partial charge in [0, 0.05) is 6.92 Å². The molecule has 0 aromatic rings. The number of esters is 1. The Hall–Kier alpha value is -0.430. The van der Waals surface area contributed by atoms with Gasteiger partial charge in [-0.3, -0.25) is 4.79 Å². The molecule has 0 saturated carbocycles. The molecule has 10 heavy (non-hydrogen) atoms. The third-order valence-corrected chi connectivity index (χ3v) is 0.450. The minimum Gasteiger partial charge on any atom is -0.460 e. The summed E-state index contributed by atoms with van der Waals surface area (Å²) < 4.78 is 13.0. The Morgan fingerprint density at radius 3 is 1.60 bits per heavy atom. The van der Waals surface area contributed by atoms with E-state index in [1.54, 1.807) is 0 Å². The third-order valence-electron chi connectivity index (χ3n) is 0.450. The van der Waals surface area contributed by atoms with Crippen LogP contribution in [0.25, 0.3) is 0 Å². The molecule has 0 spiro atoms. The molecule has 0 bridgehead atoms. The van der Waals surface area contributed by atoms with Crippen LogP contribution in [0, 0.1) is 0 Å². The molecule has 0 saturated heterocycles. The number of rotatable bonds is 0. The zero-order valence-electron chi connectivity index (χ0n) is 6.80. The van der Waals surface area contributed by atoms with Gasteiger partial charge in [-0.15, -0.1) is 0 Å². The van der Waals surface area contributed by atoms with E-state index in [2.05, 4.69) is 0 Å². The van der Waals surface area contributed by atoms with Gasteiger partial charge in [0.25, 0.3) is 0 Å². The van der Waals surface area contributed by atoms with E-state index in [0.29, 0.717) is 0 Å². The van der Waals surface area contributed by atoms with Crippen molar-refractivity contribution in [2.45, 2.75) is 33.3 Å². The fourth-order valence-electron chi connectivity index (χ4n) is 0.431. The van der Waals surface area contributed by atoms with Crippen LogP contribution in [0.1, 0.15) is 27.7 Å². The maximum Gasteiger partial charge on any atom is 0.310 e. The molecule has 0 rings (SSSR count). The van der Waals surface area contributed by atoms with Crippen molar-refractivity contribution in [1.29, 1.82) is 0 Å². The molecule has 0 aliphatic rings. The van der Waals surface area contributed by atoms with E-state index in [-0.39, 0.29) is 11.6 Å². The summed E-state index contributed by atoms with van der Waals surface area (Å²) in [5.74, 6) is -0.225. The number of hydrogen-bond donors (Lipinski definition) is 0. The van der Waals surface area contributed by atoms with Crippen LogP contribution in [-0.4, -0.2) is 11.6 Å². The van der Waals surface area contributed by atoms with Crippen molar-refractivity contribution in [3.63, 3.8) is 0 Å². The smallest absolute Gasteiger partial charge is 0.310 e. The summed E-state index contributed by atoms with van der Waals surface area (Å²) in [4.78, 5) is 10.2. The van der Waals surface area contributed by atoms with Crippen LogP contribution in [0.3, 0.4) is 0 Å². The first-order chi connectivity index (χ1) is 4.42. The predicted octanol–water partition coefficient (Wildman–Crippen LogP) is 1.55. The first-order valence-electron chi connectivity index (χ1n) is 2.85. The average Bonchev–Trinajstić information content (AvgIpc) is 1.64. The summed E-state index contributed by atoms with van der Waals surface area (Å²) in [5, 5.41) is 0. The largest absolute Gasteiger partial charge is 0.460 e. The highest BCUT2D eigenvalue weighted by molar-refractivity contribution is 7.00. The molecule has 60 valence electrons. The first-order valence-corrected chi connectivity index (χ1v) is 3.32. The highest BCUT2D eigenvalue weighted by Gasteiger charge is 2.11. The second-order valence-corrected chi connectivity index (χ2v) is 2.71. The van der Waals surface area contributed by atoms with Crippen molar-refractivity contribution < 1.29 is 14.1 Å². The predicted molar refractivity (Wildman–Crippen MR) is 41.9 cm³/mol. The minimum absolute atomic E-state index is 0.225. The molecule has 3 nitrogen and oxygen atoms in total. The fraction of sp³-hybridized carbons (Fsp3) is 0.833. The molecule has 0 radical (unpaired) electrons. The van der Waals surface area contributed by atoms with Crippen LogP contribution in [0.5, 0.6) is 0 Å². The molecular weight excluding hydrogens is 151 g/mol. The standard InChI is InChI=1S/C6H12O2.H2OP/c1-5(7)8-6(2,3)4;1-2/h1-4H3;2H2/q;+1. The van der Waals surface area contributed by atoms with Gasteiger partial charge in [0.15, 0.2) is 0 Å². The van der Waals surface area contributed by atoms with Gasteiger partial charge in [0.1, 0.15) is 5.60 Å². The second kappa shape index (κ2) is 5.36. The lowest BCUT2D eigenvalue weighted by Crippen LogP contribution is -2.21. The highest BCUT2D eigenvalue weighted by atomic mass is 31.0. The lowest BCUT2D eigenvalue weighted by Gasteiger charge is -2.17. The maximum atomic E-state index is 10.2. The molecule has 1 atom stereocenters. The van der Waals surface area contributed by atoms with Gasteiger partial charge in [-0.25, -0.2) is 0 Å². The van der Waals surface area contributed by atoms with Gasteiger partial charge in [-0.05, 0) is 20.8 Å². The Morgan fingerprint density at radius 2 is 1.60 bits per heavy atom. The molecule has 0 aromatic carbocycles. The number of carbonyl (C=O) groups excluding carboxylic acids is 1. The van der Waals surface area contributed by atoms with E-state index in [4.69, 9.17) is 9.30 Å². The van der Waals surface area contributed by atoms with Crippen LogP contribution >= 0.6 is 9.12 Å². The minimum atomic E-state index is -0.328. The Kier molecular flexibility index (Phi) is 6.58. The fourth-order valence-corrected chi connectivity index (χ4v) is 0.431. The Bertz CT molecular complexity index is 106. The molecule has 0 aliphatic carbocycles. The van der Waals surface area contributed by atoms with Crippen molar-refractivity contribution in [3.8, 4) is 0 Å². The molecule has 0 heterocycles. The first kappa shape index (κ1) is 12.3. The Morgan fingerprint density at radius 1 is 1.30 bits per heavy atom. The summed E-state index contributed by atoms with van der Waals surface area (Å²) in [5.41, 5.74) is -0.328. The summed E-state index contributed by atoms with van der Waals surface area (Å²) in [7, 11) is 1.17. The molecule has 0 amide bonds. The lowest BCUT2D eigenvalue weighted by atomic mass is 10.2. The third kappa shape index (κ3) is 15.6. The van der Waals surface area contributed by atoms with E-state index in [1.165, 1.54) is 16.0 Å². The number of carbonyl (C=O) groups is 1. The van der Waals surface area contributed by atoms with E-state index in [0.717, 1.165) is 0 Å². The van der Waals surface area contributed by atoms with Crippen LogP contribution in [0.2, 0.25) is 0 Å². The molecular formula is C6H14O3P+. The lowest BCUT2D eigenvalue weighted by molar-refractivity contribution is -0.151. The normalized spacial score (nSPS) is 9.20. The Balaban J connectivity index is 0. The molecule has 0 aliphatic heterocycles. The molecule has 4 heteroatoms. The van der Waals surface area contributed by atoms with Crippen LogP contribution < -0.4 is 0 Å². The topological polar surface area (TPSA) is 43.4 Å². The monoisotopic (exact) mass is 165 g/mol. The highest BCUT2D eigenvalue weighted by Crippen LogP contribution is 2.05. The molecule has 1 unspecified atom stereocenters. The van der Waals surface area contributed by atoms with E-state index >= 15 is 0 Å². The quantitative estimate of drug-likeness (QED) is 0.404. The summed E-state index contributed by atoms with van der Waals surface area (Å²) in [6.07, 6.45) is 0. The van der Waals surface area contributed by atoms with Crippen molar-refractivity contribution in [1.82, 2.24) is 0 Å². The van der Waals surface area contributed by atoms with Crippen LogP contribution in [-0.2, 0) is 14.1 Å². The van der Waals surface area contributed by atoms with Gasteiger partial charge >= 0.3 is 15.1 Å². The number of ether oxygens (including phenoxy) is 1. The molecule has 0 fully saturated rings. The maximum absolute atomic E-state index is 10.2. The zero-order valence-corrected chi connectivity index (χ0v) is 7.96. The zero-order chi connectivity index (χ0) is 8.78. The second-order valence-electron chi connectivity index (χ2n) is 2.71. The number of hydrogen-bond acceptors (Lipinski definition) is 3. The van der Waals surface area contributed by atoms with Gasteiger partial charge in [0.2, 0.25) is 0 Å². The summed E-state index contributed by atoms with van der Waals surface area (Å²) >= 11 is 0. The van der Waals surface area contributed by atoms with Crippen molar-refractivity contribution in [2.24, 2.45) is 0 Å². The van der Waals surface area contributed by atoms with Crippen LogP contribution in [0.4, 0.5) is 0 Å². The van der Waals surface area contributed by atoms with E-state index in [1.807, 2.05) is 20.8 Å². The van der Waals surface area contributed by atoms with Crippen LogP contribution in [0.15, 0.2) is 0 Å². The van der Waals surface area contributed by atoms with Crippen molar-refractivity contribution in [2.75, 3.05) is 0 Å². The molecule has 0 N–H and O–H groups in total. The van der Waals surface area contributed by atoms with Gasteiger partial charge < -0.3 is 4.74 Å². The van der Waals surface area contributed by atoms with Crippen molar-refractivity contribution in [3.05, 3.63) is 0 Å². The van der Waals surface area contributed by atoms with Gasteiger partial charge in [0.05, 0.1) is 0 Å². The molecule has 0 aromatic heterocycles.